The number of aryl methyl sites for hydroxylation is 1. The summed E-state index contributed by atoms with van der Waals surface area (Å²) in [6.07, 6.45) is 0. The zero-order valence-corrected chi connectivity index (χ0v) is 17.0. The molecule has 1 heterocycles. The third-order valence-electron chi connectivity index (χ3n) is 5.38. The van der Waals surface area contributed by atoms with Crippen LogP contribution in [0.25, 0.3) is 5.76 Å². The first-order valence-electron chi connectivity index (χ1n) is 9.69. The molecule has 0 aliphatic carbocycles. The predicted octanol–water partition coefficient (Wildman–Crippen LogP) is 4.77. The van der Waals surface area contributed by atoms with Gasteiger partial charge in [0.2, 0.25) is 0 Å². The van der Waals surface area contributed by atoms with Gasteiger partial charge in [0, 0.05) is 16.8 Å². The van der Waals surface area contributed by atoms with Gasteiger partial charge in [-0.15, -0.1) is 0 Å². The quantitative estimate of drug-likeness (QED) is 0.377. The summed E-state index contributed by atoms with van der Waals surface area (Å²) in [5.41, 5.74) is 1.51. The summed E-state index contributed by atoms with van der Waals surface area (Å²) in [5.74, 6) is -2.07. The number of aliphatic hydroxyl groups is 1. The van der Waals surface area contributed by atoms with E-state index in [4.69, 9.17) is 4.74 Å². The molecule has 3 aromatic rings. The summed E-state index contributed by atoms with van der Waals surface area (Å²) in [4.78, 5) is 27.4. The number of methoxy groups -OCH3 is 1. The number of ether oxygens (including phenoxy) is 1. The number of anilines is 1. The number of benzene rings is 3. The summed E-state index contributed by atoms with van der Waals surface area (Å²) >= 11 is 0. The highest BCUT2D eigenvalue weighted by Crippen LogP contribution is 2.43. The van der Waals surface area contributed by atoms with Crippen LogP contribution in [0.15, 0.2) is 78.4 Å². The molecule has 3 aromatic carbocycles. The molecule has 1 amide bonds. The van der Waals surface area contributed by atoms with Crippen molar-refractivity contribution in [1.29, 1.82) is 0 Å². The minimum Gasteiger partial charge on any atom is -0.507 e. The van der Waals surface area contributed by atoms with Crippen molar-refractivity contribution in [3.05, 3.63) is 101 Å². The topological polar surface area (TPSA) is 66.8 Å². The van der Waals surface area contributed by atoms with Gasteiger partial charge in [-0.05, 0) is 48.9 Å². The number of para-hydroxylation sites is 1. The summed E-state index contributed by atoms with van der Waals surface area (Å²) in [7, 11) is 1.51. The lowest BCUT2D eigenvalue weighted by molar-refractivity contribution is -0.132. The van der Waals surface area contributed by atoms with Gasteiger partial charge in [0.05, 0.1) is 18.7 Å². The van der Waals surface area contributed by atoms with Crippen molar-refractivity contribution in [3.8, 4) is 5.75 Å². The summed E-state index contributed by atoms with van der Waals surface area (Å²) in [6.45, 7) is 1.80. The van der Waals surface area contributed by atoms with Gasteiger partial charge in [0.1, 0.15) is 17.3 Å². The molecule has 0 aromatic heterocycles. The van der Waals surface area contributed by atoms with Crippen LogP contribution in [-0.2, 0) is 9.59 Å². The molecule has 31 heavy (non-hydrogen) atoms. The van der Waals surface area contributed by atoms with Crippen LogP contribution in [0.3, 0.4) is 0 Å². The Morgan fingerprint density at radius 1 is 0.968 bits per heavy atom. The number of halogens is 1. The minimum absolute atomic E-state index is 0.125. The van der Waals surface area contributed by atoms with E-state index in [9.17, 15) is 19.1 Å². The van der Waals surface area contributed by atoms with Crippen molar-refractivity contribution < 1.29 is 23.8 Å². The minimum atomic E-state index is -1.11. The average Bonchev–Trinajstić information content (AvgIpc) is 3.04. The Labute approximate surface area is 179 Å². The third kappa shape index (κ3) is 3.46. The fraction of sp³-hybridized carbons (Fsp3) is 0.120. The highest BCUT2D eigenvalue weighted by Gasteiger charge is 2.48. The molecule has 156 valence electrons. The Bertz CT molecular complexity index is 1200. The molecule has 1 N–H and O–H groups in total. The van der Waals surface area contributed by atoms with Crippen LogP contribution >= 0.6 is 0 Å². The van der Waals surface area contributed by atoms with Gasteiger partial charge in [-0.3, -0.25) is 14.5 Å². The van der Waals surface area contributed by atoms with Gasteiger partial charge in [0.15, 0.2) is 0 Å². The maximum absolute atomic E-state index is 14.9. The number of hydrogen-bond donors (Lipinski definition) is 1. The van der Waals surface area contributed by atoms with Crippen LogP contribution in [0.1, 0.15) is 22.7 Å². The highest BCUT2D eigenvalue weighted by atomic mass is 19.1. The number of nitrogens with zero attached hydrogens (tertiary/aromatic N) is 1. The zero-order valence-electron chi connectivity index (χ0n) is 17.0. The summed E-state index contributed by atoms with van der Waals surface area (Å²) < 4.78 is 20.0. The fourth-order valence-corrected chi connectivity index (χ4v) is 3.81. The number of amides is 1. The summed E-state index contributed by atoms with van der Waals surface area (Å²) in [5, 5.41) is 11.0. The Hall–Kier alpha value is -3.93. The van der Waals surface area contributed by atoms with E-state index in [2.05, 4.69) is 0 Å². The average molecular weight is 417 g/mol. The lowest BCUT2D eigenvalue weighted by Gasteiger charge is -2.27. The molecule has 1 fully saturated rings. The van der Waals surface area contributed by atoms with Crippen molar-refractivity contribution in [3.63, 3.8) is 0 Å². The van der Waals surface area contributed by atoms with Crippen LogP contribution in [-0.4, -0.2) is 23.9 Å². The normalized spacial score (nSPS) is 17.8. The van der Waals surface area contributed by atoms with E-state index in [1.165, 1.54) is 30.2 Å². The van der Waals surface area contributed by atoms with E-state index in [-0.39, 0.29) is 16.9 Å². The Morgan fingerprint density at radius 2 is 1.61 bits per heavy atom. The van der Waals surface area contributed by atoms with Gasteiger partial charge < -0.3 is 9.84 Å². The molecule has 5 nitrogen and oxygen atoms in total. The van der Waals surface area contributed by atoms with Crippen LogP contribution in [0.5, 0.6) is 5.75 Å². The fourth-order valence-electron chi connectivity index (χ4n) is 3.81. The lowest BCUT2D eigenvalue weighted by Crippen LogP contribution is -2.30. The molecule has 0 spiro atoms. The molecule has 0 saturated carbocycles. The van der Waals surface area contributed by atoms with Crippen molar-refractivity contribution in [2.45, 2.75) is 13.0 Å². The first-order chi connectivity index (χ1) is 14.9. The van der Waals surface area contributed by atoms with Gasteiger partial charge in [-0.2, -0.15) is 0 Å². The van der Waals surface area contributed by atoms with Gasteiger partial charge >= 0.3 is 0 Å². The van der Waals surface area contributed by atoms with E-state index in [1.807, 2.05) is 6.07 Å². The van der Waals surface area contributed by atoms with Crippen LogP contribution in [0.4, 0.5) is 10.1 Å². The number of ketones is 1. The smallest absolute Gasteiger partial charge is 0.300 e. The SMILES string of the molecule is COc1ccc(/C(O)=C2\C(=O)C(=O)N(c3ccccc3C)C2c2ccccc2F)cc1. The van der Waals surface area contributed by atoms with Crippen LogP contribution in [0.2, 0.25) is 0 Å². The molecule has 6 heteroatoms. The van der Waals surface area contributed by atoms with E-state index in [0.717, 1.165) is 5.56 Å². The maximum atomic E-state index is 14.9. The number of hydrogen-bond acceptors (Lipinski definition) is 4. The van der Waals surface area contributed by atoms with E-state index >= 15 is 0 Å². The molecule has 1 aliphatic rings. The molecule has 1 unspecified atom stereocenters. The molecule has 4 rings (SSSR count). The molecular formula is C25H20FNO4. The van der Waals surface area contributed by atoms with Crippen LogP contribution < -0.4 is 9.64 Å². The largest absolute Gasteiger partial charge is 0.507 e. The summed E-state index contributed by atoms with van der Waals surface area (Å²) in [6, 6.07) is 18.3. The lowest BCUT2D eigenvalue weighted by atomic mass is 9.94. The first kappa shape index (κ1) is 20.3. The highest BCUT2D eigenvalue weighted by molar-refractivity contribution is 6.51. The number of Topliss-reactive ketones (excluding diaryl/α,β-unsaturated/α-hetero) is 1. The monoisotopic (exact) mass is 417 g/mol. The van der Waals surface area contributed by atoms with Gasteiger partial charge in [-0.1, -0.05) is 36.4 Å². The molecule has 1 aliphatic heterocycles. The maximum Gasteiger partial charge on any atom is 0.300 e. The van der Waals surface area contributed by atoms with Crippen LogP contribution in [0, 0.1) is 12.7 Å². The van der Waals surface area contributed by atoms with Crippen molar-refractivity contribution in [1.82, 2.24) is 0 Å². The molecular weight excluding hydrogens is 397 g/mol. The van der Waals surface area contributed by atoms with Crippen molar-refractivity contribution >= 4 is 23.1 Å². The standard InChI is InChI=1S/C25H20FNO4/c1-15-7-3-6-10-20(15)27-22(18-8-4-5-9-19(18)26)21(24(29)25(27)30)23(28)16-11-13-17(31-2)14-12-16/h3-14,22,28H,1-2H3/b23-21+. The Kier molecular flexibility index (Phi) is 5.29. The number of rotatable bonds is 4. The van der Waals surface area contributed by atoms with Crippen molar-refractivity contribution in [2.24, 2.45) is 0 Å². The number of carbonyl (C=O) groups is 2. The molecule has 1 atom stereocenters. The molecule has 0 bridgehead atoms. The van der Waals surface area contributed by atoms with Crippen molar-refractivity contribution in [2.75, 3.05) is 12.0 Å². The second-order valence-electron chi connectivity index (χ2n) is 7.21. The molecule has 0 radical (unpaired) electrons. The Balaban J connectivity index is 1.97. The first-order valence-corrected chi connectivity index (χ1v) is 9.69. The third-order valence-corrected chi connectivity index (χ3v) is 5.38. The number of aliphatic hydroxyl groups excluding tert-OH is 1. The zero-order chi connectivity index (χ0) is 22.1. The molecule has 1 saturated heterocycles. The second kappa shape index (κ2) is 8.07. The van der Waals surface area contributed by atoms with Gasteiger partial charge in [0.25, 0.3) is 11.7 Å². The predicted molar refractivity (Wildman–Crippen MR) is 115 cm³/mol. The number of carbonyl (C=O) groups excluding carboxylic acids is 2. The Morgan fingerprint density at radius 3 is 2.26 bits per heavy atom. The second-order valence-corrected chi connectivity index (χ2v) is 7.21. The van der Waals surface area contributed by atoms with E-state index in [0.29, 0.717) is 17.0 Å². The van der Waals surface area contributed by atoms with Gasteiger partial charge in [-0.25, -0.2) is 4.39 Å². The van der Waals surface area contributed by atoms with E-state index in [1.54, 1.807) is 55.5 Å². The van der Waals surface area contributed by atoms with E-state index < -0.39 is 23.5 Å².